The van der Waals surface area contributed by atoms with E-state index in [1.54, 1.807) is 6.08 Å². The molecule has 0 bridgehead atoms. The first-order valence-corrected chi connectivity index (χ1v) is 8.77. The minimum absolute atomic E-state index is 0.248. The third kappa shape index (κ3) is 3.57. The predicted molar refractivity (Wildman–Crippen MR) is 96.4 cm³/mol. The Morgan fingerprint density at radius 3 is 2.67 bits per heavy atom. The molecule has 5 heteroatoms. The van der Waals surface area contributed by atoms with Gasteiger partial charge in [-0.05, 0) is 42.9 Å². The van der Waals surface area contributed by atoms with Crippen molar-refractivity contribution in [1.82, 2.24) is 0 Å². The van der Waals surface area contributed by atoms with Crippen LogP contribution in [-0.2, 0) is 22.4 Å². The van der Waals surface area contributed by atoms with Crippen LogP contribution in [0.15, 0.2) is 36.4 Å². The Morgan fingerprint density at radius 1 is 1.17 bits per heavy atom. The van der Waals surface area contributed by atoms with Crippen LogP contribution in [0.25, 0.3) is 6.08 Å². The van der Waals surface area contributed by atoms with E-state index < -0.39 is 0 Å². The number of ether oxygens (including phenoxy) is 1. The van der Waals surface area contributed by atoms with Crippen LogP contribution >= 0.6 is 11.3 Å². The van der Waals surface area contributed by atoms with E-state index in [1.807, 2.05) is 30.3 Å². The standard InChI is InChI=1S/C19H19NO3S/c1-23-19(22)17-14-9-5-6-10-15(14)24-18(17)20-16(21)12-11-13-7-3-2-4-8-13/h2-4,7-8,11-12H,5-6,9-10H2,1H3,(H,20,21)/b12-11+. The molecule has 0 fully saturated rings. The highest BCUT2D eigenvalue weighted by Gasteiger charge is 2.26. The second kappa shape index (κ2) is 7.45. The molecule has 1 heterocycles. The average Bonchev–Trinajstić information content (AvgIpc) is 2.98. The summed E-state index contributed by atoms with van der Waals surface area (Å²) in [5.74, 6) is -0.626. The molecule has 0 saturated heterocycles. The normalized spacial score (nSPS) is 13.5. The van der Waals surface area contributed by atoms with Gasteiger partial charge in [-0.1, -0.05) is 30.3 Å². The minimum Gasteiger partial charge on any atom is -0.465 e. The van der Waals surface area contributed by atoms with Gasteiger partial charge in [-0.15, -0.1) is 11.3 Å². The van der Waals surface area contributed by atoms with Gasteiger partial charge in [0.2, 0.25) is 5.91 Å². The SMILES string of the molecule is COC(=O)c1c(NC(=O)/C=C/c2ccccc2)sc2c1CCCC2. The number of benzene rings is 1. The maximum absolute atomic E-state index is 12.2. The minimum atomic E-state index is -0.378. The molecule has 1 aliphatic carbocycles. The summed E-state index contributed by atoms with van der Waals surface area (Å²) in [5.41, 5.74) is 2.52. The van der Waals surface area contributed by atoms with E-state index in [2.05, 4.69) is 5.32 Å². The third-order valence-corrected chi connectivity index (χ3v) is 5.23. The van der Waals surface area contributed by atoms with E-state index in [1.165, 1.54) is 29.4 Å². The summed E-state index contributed by atoms with van der Waals surface area (Å²) in [7, 11) is 1.37. The van der Waals surface area contributed by atoms with Crippen LogP contribution in [0.3, 0.4) is 0 Å². The maximum atomic E-state index is 12.2. The fourth-order valence-electron chi connectivity index (χ4n) is 2.86. The summed E-state index contributed by atoms with van der Waals surface area (Å²) in [5, 5.41) is 3.44. The highest BCUT2D eigenvalue weighted by atomic mass is 32.1. The fourth-order valence-corrected chi connectivity index (χ4v) is 4.14. The summed E-state index contributed by atoms with van der Waals surface area (Å²) in [4.78, 5) is 25.5. The number of methoxy groups -OCH3 is 1. The topological polar surface area (TPSA) is 55.4 Å². The number of hydrogen-bond donors (Lipinski definition) is 1. The van der Waals surface area contributed by atoms with Crippen molar-refractivity contribution in [2.24, 2.45) is 0 Å². The lowest BCUT2D eigenvalue weighted by atomic mass is 9.95. The van der Waals surface area contributed by atoms with E-state index >= 15 is 0 Å². The Morgan fingerprint density at radius 2 is 1.92 bits per heavy atom. The van der Waals surface area contributed by atoms with E-state index in [0.29, 0.717) is 10.6 Å². The van der Waals surface area contributed by atoms with Crippen molar-refractivity contribution in [3.8, 4) is 0 Å². The number of amides is 1. The monoisotopic (exact) mass is 341 g/mol. The second-order valence-electron chi connectivity index (χ2n) is 5.64. The quantitative estimate of drug-likeness (QED) is 0.674. The van der Waals surface area contributed by atoms with Gasteiger partial charge in [0.25, 0.3) is 0 Å². The molecule has 0 aliphatic heterocycles. The van der Waals surface area contributed by atoms with Gasteiger partial charge in [0.1, 0.15) is 5.00 Å². The van der Waals surface area contributed by atoms with E-state index in [9.17, 15) is 9.59 Å². The van der Waals surface area contributed by atoms with Crippen LogP contribution in [0.2, 0.25) is 0 Å². The van der Waals surface area contributed by atoms with Gasteiger partial charge in [-0.25, -0.2) is 4.79 Å². The van der Waals surface area contributed by atoms with Gasteiger partial charge < -0.3 is 10.1 Å². The van der Waals surface area contributed by atoms with Gasteiger partial charge in [-0.2, -0.15) is 0 Å². The average molecular weight is 341 g/mol. The maximum Gasteiger partial charge on any atom is 0.341 e. The Kier molecular flexibility index (Phi) is 5.11. The molecule has 1 aliphatic rings. The molecule has 2 aromatic rings. The summed E-state index contributed by atoms with van der Waals surface area (Å²) in [6.45, 7) is 0. The molecule has 124 valence electrons. The number of carbonyl (C=O) groups excluding carboxylic acids is 2. The number of aryl methyl sites for hydroxylation is 1. The zero-order chi connectivity index (χ0) is 16.9. The van der Waals surface area contributed by atoms with Gasteiger partial charge in [0, 0.05) is 11.0 Å². The van der Waals surface area contributed by atoms with Crippen LogP contribution in [-0.4, -0.2) is 19.0 Å². The molecule has 0 spiro atoms. The van der Waals surface area contributed by atoms with Crippen molar-refractivity contribution in [3.05, 3.63) is 58.0 Å². The largest absolute Gasteiger partial charge is 0.465 e. The van der Waals surface area contributed by atoms with Gasteiger partial charge in [0.05, 0.1) is 12.7 Å². The number of hydrogen-bond acceptors (Lipinski definition) is 4. The first-order valence-electron chi connectivity index (χ1n) is 7.96. The van der Waals surface area contributed by atoms with E-state index in [4.69, 9.17) is 4.74 Å². The fraction of sp³-hybridized carbons (Fsp3) is 0.263. The number of rotatable bonds is 4. The molecule has 0 saturated carbocycles. The van der Waals surface area contributed by atoms with Crippen molar-refractivity contribution < 1.29 is 14.3 Å². The third-order valence-electron chi connectivity index (χ3n) is 4.02. The van der Waals surface area contributed by atoms with Crippen LogP contribution in [0.4, 0.5) is 5.00 Å². The molecular weight excluding hydrogens is 322 g/mol. The zero-order valence-corrected chi connectivity index (χ0v) is 14.3. The molecule has 4 nitrogen and oxygen atoms in total. The van der Waals surface area contributed by atoms with E-state index in [-0.39, 0.29) is 11.9 Å². The molecule has 1 aromatic heterocycles. The highest BCUT2D eigenvalue weighted by molar-refractivity contribution is 7.17. The zero-order valence-electron chi connectivity index (χ0n) is 13.5. The predicted octanol–water partition coefficient (Wildman–Crippen LogP) is 4.07. The lowest BCUT2D eigenvalue weighted by molar-refractivity contribution is -0.111. The van der Waals surface area contributed by atoms with Crippen LogP contribution < -0.4 is 5.32 Å². The Hall–Kier alpha value is -2.40. The number of thiophene rings is 1. The lowest BCUT2D eigenvalue weighted by Crippen LogP contribution is -2.13. The molecule has 1 aromatic carbocycles. The summed E-state index contributed by atoms with van der Waals surface area (Å²) >= 11 is 1.49. The number of fused-ring (bicyclic) bond motifs is 1. The molecule has 0 radical (unpaired) electrons. The van der Waals surface area contributed by atoms with Gasteiger partial charge in [0.15, 0.2) is 0 Å². The van der Waals surface area contributed by atoms with Crippen molar-refractivity contribution in [3.63, 3.8) is 0 Å². The molecule has 0 unspecified atom stereocenters. The van der Waals surface area contributed by atoms with Crippen molar-refractivity contribution >= 4 is 34.3 Å². The van der Waals surface area contributed by atoms with Crippen LogP contribution in [0, 0.1) is 0 Å². The van der Waals surface area contributed by atoms with Crippen molar-refractivity contribution in [2.75, 3.05) is 12.4 Å². The Labute approximate surface area is 145 Å². The van der Waals surface area contributed by atoms with Gasteiger partial charge >= 0.3 is 5.97 Å². The summed E-state index contributed by atoms with van der Waals surface area (Å²) in [6, 6.07) is 9.61. The smallest absolute Gasteiger partial charge is 0.341 e. The van der Waals surface area contributed by atoms with Crippen LogP contribution in [0.5, 0.6) is 0 Å². The molecule has 0 atom stereocenters. The molecule has 3 rings (SSSR count). The first-order chi connectivity index (χ1) is 11.7. The molecular formula is C19H19NO3S. The van der Waals surface area contributed by atoms with Crippen molar-refractivity contribution in [2.45, 2.75) is 25.7 Å². The van der Waals surface area contributed by atoms with E-state index in [0.717, 1.165) is 36.8 Å². The van der Waals surface area contributed by atoms with Crippen molar-refractivity contribution in [1.29, 1.82) is 0 Å². The number of anilines is 1. The molecule has 24 heavy (non-hydrogen) atoms. The molecule has 1 N–H and O–H groups in total. The van der Waals surface area contributed by atoms with Crippen LogP contribution in [0.1, 0.15) is 39.2 Å². The summed E-state index contributed by atoms with van der Waals surface area (Å²) < 4.78 is 4.91. The Balaban J connectivity index is 1.81. The highest BCUT2D eigenvalue weighted by Crippen LogP contribution is 2.38. The molecule has 1 amide bonds. The summed E-state index contributed by atoms with van der Waals surface area (Å²) in [6.07, 6.45) is 7.24. The Bertz CT molecular complexity index is 777. The first kappa shape index (κ1) is 16.5. The number of nitrogens with one attached hydrogen (secondary N) is 1. The lowest BCUT2D eigenvalue weighted by Gasteiger charge is -2.11. The second-order valence-corrected chi connectivity index (χ2v) is 6.75. The number of esters is 1. The number of carbonyl (C=O) groups is 2. The van der Waals surface area contributed by atoms with Gasteiger partial charge in [-0.3, -0.25) is 4.79 Å².